The van der Waals surface area contributed by atoms with E-state index in [4.69, 9.17) is 16.3 Å². The van der Waals surface area contributed by atoms with Crippen molar-refractivity contribution in [2.75, 3.05) is 13.7 Å². The lowest BCUT2D eigenvalue weighted by molar-refractivity contribution is -0.615. The fraction of sp³-hybridized carbons (Fsp3) is 0.190. The summed E-state index contributed by atoms with van der Waals surface area (Å²) in [5.74, 6) is -0.686. The smallest absolute Gasteiger partial charge is 0.217 e. The molecular weight excluding hydrogens is 479 g/mol. The summed E-state index contributed by atoms with van der Waals surface area (Å²) in [5, 5.41) is 36.2. The highest BCUT2D eigenvalue weighted by molar-refractivity contribution is 6.31. The van der Waals surface area contributed by atoms with Gasteiger partial charge in [-0.3, -0.25) is 9.25 Å². The van der Waals surface area contributed by atoms with Crippen molar-refractivity contribution in [3.05, 3.63) is 83.6 Å². The summed E-state index contributed by atoms with van der Waals surface area (Å²) in [6.07, 6.45) is 9.63. The molecular formula is C21H18ClFN10O2. The van der Waals surface area contributed by atoms with E-state index in [1.54, 1.807) is 59.6 Å². The van der Waals surface area contributed by atoms with Crippen molar-refractivity contribution in [3.8, 4) is 22.5 Å². The number of pyridine rings is 1. The monoisotopic (exact) mass is 496 g/mol. The van der Waals surface area contributed by atoms with Gasteiger partial charge in [-0.2, -0.15) is 14.5 Å². The van der Waals surface area contributed by atoms with Crippen LogP contribution in [0.4, 0.5) is 4.39 Å². The first-order valence-electron chi connectivity index (χ1n) is 10.4. The van der Waals surface area contributed by atoms with Gasteiger partial charge in [-0.05, 0) is 28.6 Å². The largest absolute Gasteiger partial charge is 0.618 e. The highest BCUT2D eigenvalue weighted by Crippen LogP contribution is 2.33. The Morgan fingerprint density at radius 3 is 2.69 bits per heavy atom. The quantitative estimate of drug-likeness (QED) is 0.236. The summed E-state index contributed by atoms with van der Waals surface area (Å²) < 4.78 is 25.7. The van der Waals surface area contributed by atoms with Crippen LogP contribution in [0, 0.1) is 11.0 Å². The van der Waals surface area contributed by atoms with E-state index < -0.39 is 11.9 Å². The van der Waals surface area contributed by atoms with Gasteiger partial charge in [0.05, 0.1) is 39.9 Å². The number of hydrogen-bond donors (Lipinski definition) is 0. The van der Waals surface area contributed by atoms with Crippen LogP contribution in [0.2, 0.25) is 5.02 Å². The van der Waals surface area contributed by atoms with Gasteiger partial charge in [-0.25, -0.2) is 4.39 Å². The van der Waals surface area contributed by atoms with E-state index in [9.17, 15) is 5.21 Å². The number of rotatable bonds is 8. The summed E-state index contributed by atoms with van der Waals surface area (Å²) >= 11 is 6.04. The molecule has 0 unspecified atom stereocenters. The average molecular weight is 497 g/mol. The highest BCUT2D eigenvalue weighted by Gasteiger charge is 2.25. The van der Waals surface area contributed by atoms with Gasteiger partial charge in [0.15, 0.2) is 12.0 Å². The van der Waals surface area contributed by atoms with E-state index in [1.807, 2.05) is 0 Å². The first-order valence-corrected chi connectivity index (χ1v) is 10.8. The maximum atomic E-state index is 15.1. The molecule has 4 aromatic heterocycles. The number of halogens is 2. The Bertz CT molecular complexity index is 1440. The first kappa shape index (κ1) is 22.6. The van der Waals surface area contributed by atoms with Crippen LogP contribution >= 0.6 is 11.6 Å². The number of hydrogen-bond acceptors (Lipinski definition) is 8. The molecule has 0 aliphatic rings. The maximum Gasteiger partial charge on any atom is 0.217 e. The number of methoxy groups -OCH3 is 1. The number of benzene rings is 1. The summed E-state index contributed by atoms with van der Waals surface area (Å²) in [4.78, 5) is 0. The van der Waals surface area contributed by atoms with Crippen LogP contribution in [0.25, 0.3) is 22.5 Å². The van der Waals surface area contributed by atoms with Gasteiger partial charge in [-0.1, -0.05) is 11.6 Å². The third-order valence-electron chi connectivity index (χ3n) is 5.46. The first-order chi connectivity index (χ1) is 17.1. The Balaban J connectivity index is 1.56. The Kier molecular flexibility index (Phi) is 6.16. The molecule has 12 nitrogen and oxygen atoms in total. The molecule has 4 heterocycles. The predicted molar refractivity (Wildman–Crippen MR) is 120 cm³/mol. The molecule has 0 saturated heterocycles. The zero-order valence-electron chi connectivity index (χ0n) is 18.3. The minimum absolute atomic E-state index is 0.0885. The zero-order chi connectivity index (χ0) is 24.4. The molecule has 0 spiro atoms. The van der Waals surface area contributed by atoms with E-state index in [1.165, 1.54) is 23.3 Å². The zero-order valence-corrected chi connectivity index (χ0v) is 19.1. The molecule has 35 heavy (non-hydrogen) atoms. The van der Waals surface area contributed by atoms with Crippen molar-refractivity contribution in [1.29, 1.82) is 0 Å². The van der Waals surface area contributed by atoms with Crippen molar-refractivity contribution in [3.63, 3.8) is 0 Å². The van der Waals surface area contributed by atoms with Crippen LogP contribution in [0.15, 0.2) is 61.8 Å². The fourth-order valence-electron chi connectivity index (χ4n) is 3.79. The Hall–Kier alpha value is -4.23. The van der Waals surface area contributed by atoms with Crippen molar-refractivity contribution < 1.29 is 13.9 Å². The summed E-state index contributed by atoms with van der Waals surface area (Å²) in [7, 11) is 1.58. The molecule has 0 amide bonds. The molecule has 178 valence electrons. The van der Waals surface area contributed by atoms with E-state index in [0.29, 0.717) is 34.7 Å². The molecule has 0 aliphatic heterocycles. The molecule has 5 rings (SSSR count). The number of aromatic nitrogens is 10. The average Bonchev–Trinajstić information content (AvgIpc) is 3.64. The molecule has 0 radical (unpaired) electrons. The molecule has 0 bridgehead atoms. The summed E-state index contributed by atoms with van der Waals surface area (Å²) in [6, 6.07) is 5.82. The maximum absolute atomic E-state index is 15.1. The molecule has 14 heteroatoms. The molecule has 0 aliphatic carbocycles. The van der Waals surface area contributed by atoms with Crippen LogP contribution in [-0.2, 0) is 4.74 Å². The lowest BCUT2D eigenvalue weighted by atomic mass is 10.0. The van der Waals surface area contributed by atoms with Gasteiger partial charge in [0.2, 0.25) is 5.69 Å². The van der Waals surface area contributed by atoms with Gasteiger partial charge >= 0.3 is 0 Å². The standard InChI is InChI=1S/C21H18ClFN10O2/c1-35-7-6-17(31-10-15(8-27-31)30-11-24-25-12-30)18-4-2-14(9-33(18)34)20-19(32-13-26-28-29-32)5-3-16(22)21(20)23/h2-5,8-13,17H,6-7H2,1H3/t17-/m1/s1. The minimum atomic E-state index is -0.686. The van der Waals surface area contributed by atoms with Gasteiger partial charge in [0, 0.05) is 26.2 Å². The Labute approximate surface area is 202 Å². The SMILES string of the molecule is COCC[C@H](c1ccc(-c2c(-n3cnnn3)ccc(Cl)c2F)c[n+]1[O-])n1cc(-n2cnnc2)cn1. The minimum Gasteiger partial charge on any atom is -0.618 e. The van der Waals surface area contributed by atoms with Gasteiger partial charge < -0.3 is 9.94 Å². The van der Waals surface area contributed by atoms with Crippen LogP contribution in [0.3, 0.4) is 0 Å². The second-order valence-electron chi connectivity index (χ2n) is 7.52. The van der Waals surface area contributed by atoms with Crippen molar-refractivity contribution in [2.45, 2.75) is 12.5 Å². The highest BCUT2D eigenvalue weighted by atomic mass is 35.5. The second-order valence-corrected chi connectivity index (χ2v) is 7.93. The molecule has 1 atom stereocenters. The third-order valence-corrected chi connectivity index (χ3v) is 5.75. The molecule has 1 aromatic carbocycles. The van der Waals surface area contributed by atoms with E-state index in [-0.39, 0.29) is 10.6 Å². The summed E-state index contributed by atoms with van der Waals surface area (Å²) in [5.41, 5.74) is 1.88. The van der Waals surface area contributed by atoms with Crippen LogP contribution in [0.1, 0.15) is 18.2 Å². The van der Waals surface area contributed by atoms with Crippen LogP contribution in [-0.4, -0.2) is 58.5 Å². The predicted octanol–water partition coefficient (Wildman–Crippen LogP) is 2.16. The lowest BCUT2D eigenvalue weighted by Gasteiger charge is -2.18. The van der Waals surface area contributed by atoms with Crippen molar-refractivity contribution >= 4 is 11.6 Å². The molecule has 0 saturated carbocycles. The molecule has 0 fully saturated rings. The van der Waals surface area contributed by atoms with E-state index >= 15 is 4.39 Å². The normalized spacial score (nSPS) is 12.2. The Morgan fingerprint density at radius 1 is 1.14 bits per heavy atom. The van der Waals surface area contributed by atoms with Gasteiger partial charge in [0.25, 0.3) is 0 Å². The number of nitrogens with zero attached hydrogens (tertiary/aromatic N) is 10. The second kappa shape index (κ2) is 9.56. The molecule has 0 N–H and O–H groups in total. The van der Waals surface area contributed by atoms with Gasteiger partial charge in [0.1, 0.15) is 25.0 Å². The Morgan fingerprint density at radius 2 is 1.97 bits per heavy atom. The summed E-state index contributed by atoms with van der Waals surface area (Å²) in [6.45, 7) is 0.389. The third kappa shape index (κ3) is 4.34. The van der Waals surface area contributed by atoms with E-state index in [2.05, 4.69) is 30.8 Å². The van der Waals surface area contributed by atoms with Crippen molar-refractivity contribution in [1.82, 2.24) is 44.8 Å². The topological polar surface area (TPSA) is 128 Å². The lowest BCUT2D eigenvalue weighted by Crippen LogP contribution is -2.36. The number of tetrazole rings is 1. The van der Waals surface area contributed by atoms with E-state index in [0.717, 1.165) is 5.69 Å². The van der Waals surface area contributed by atoms with Crippen LogP contribution in [0.5, 0.6) is 0 Å². The molecule has 5 aromatic rings. The fourth-order valence-corrected chi connectivity index (χ4v) is 3.94. The van der Waals surface area contributed by atoms with Crippen molar-refractivity contribution in [2.24, 2.45) is 0 Å². The van der Waals surface area contributed by atoms with Crippen LogP contribution < -0.4 is 4.73 Å². The van der Waals surface area contributed by atoms with Gasteiger partial charge in [-0.15, -0.1) is 15.3 Å². The number of ether oxygens (including phenoxy) is 1.